The van der Waals surface area contributed by atoms with E-state index in [-0.39, 0.29) is 28.7 Å². The van der Waals surface area contributed by atoms with E-state index >= 15 is 0 Å². The highest BCUT2D eigenvalue weighted by atomic mass is 28.4. The van der Waals surface area contributed by atoms with E-state index in [4.69, 9.17) is 13.9 Å². The number of carbonyl (C=O) groups is 1. The van der Waals surface area contributed by atoms with E-state index < -0.39 is 8.32 Å². The van der Waals surface area contributed by atoms with Gasteiger partial charge in [0.25, 0.3) is 0 Å². The largest absolute Gasteiger partial charge is 0.463 e. The average molecular weight is 409 g/mol. The Kier molecular flexibility index (Phi) is 7.05. The van der Waals surface area contributed by atoms with Gasteiger partial charge in [-0.2, -0.15) is 0 Å². The molecule has 1 heterocycles. The van der Waals surface area contributed by atoms with Gasteiger partial charge in [-0.25, -0.2) is 4.79 Å². The third-order valence-electron chi connectivity index (χ3n) is 7.05. The van der Waals surface area contributed by atoms with Gasteiger partial charge in [-0.15, -0.1) is 0 Å². The lowest BCUT2D eigenvalue weighted by atomic mass is 9.63. The molecule has 28 heavy (non-hydrogen) atoms. The second kappa shape index (κ2) is 8.45. The van der Waals surface area contributed by atoms with Gasteiger partial charge in [-0.3, -0.25) is 0 Å². The standard InChI is InChI=1S/C23H40O4Si/c1-9-25-20(24)15-18(5)13-14-23-21(6,7)16-19(17-22(23,8)27-23)26-28(10-2,11-3)12-4/h13-15,19H,9-12,16-17H2,1-8H3/b14-13+,18-15+/t19-,22+,23-/m0/s1. The first-order valence-corrected chi connectivity index (χ1v) is 13.5. The highest BCUT2D eigenvalue weighted by Crippen LogP contribution is 2.66. The van der Waals surface area contributed by atoms with Crippen LogP contribution in [0.15, 0.2) is 23.8 Å². The lowest BCUT2D eigenvalue weighted by Crippen LogP contribution is -2.50. The number of esters is 1. The van der Waals surface area contributed by atoms with Gasteiger partial charge in [0.1, 0.15) is 11.2 Å². The van der Waals surface area contributed by atoms with Gasteiger partial charge >= 0.3 is 5.97 Å². The first kappa shape index (κ1) is 23.4. The fourth-order valence-electron chi connectivity index (χ4n) is 5.14. The Morgan fingerprint density at radius 1 is 1.11 bits per heavy atom. The predicted molar refractivity (Wildman–Crippen MR) is 117 cm³/mol. The molecule has 0 N–H and O–H groups in total. The number of fused-ring (bicyclic) bond motifs is 1. The molecule has 0 unspecified atom stereocenters. The van der Waals surface area contributed by atoms with Crippen LogP contribution in [0.3, 0.4) is 0 Å². The smallest absolute Gasteiger partial charge is 0.330 e. The summed E-state index contributed by atoms with van der Waals surface area (Å²) in [6, 6.07) is 3.53. The van der Waals surface area contributed by atoms with Crippen molar-refractivity contribution in [2.45, 2.75) is 104 Å². The maximum absolute atomic E-state index is 11.7. The van der Waals surface area contributed by atoms with Gasteiger partial charge in [-0.05, 0) is 57.0 Å². The highest BCUT2D eigenvalue weighted by molar-refractivity contribution is 6.73. The van der Waals surface area contributed by atoms with Crippen LogP contribution in [-0.2, 0) is 18.7 Å². The molecule has 0 radical (unpaired) electrons. The van der Waals surface area contributed by atoms with Crippen LogP contribution in [0.4, 0.5) is 0 Å². The van der Waals surface area contributed by atoms with Crippen molar-refractivity contribution in [2.75, 3.05) is 6.61 Å². The summed E-state index contributed by atoms with van der Waals surface area (Å²) in [5.74, 6) is -0.294. The van der Waals surface area contributed by atoms with E-state index in [9.17, 15) is 4.79 Å². The van der Waals surface area contributed by atoms with Crippen molar-refractivity contribution in [3.63, 3.8) is 0 Å². The Bertz CT molecular complexity index is 626. The number of hydrogen-bond donors (Lipinski definition) is 0. The molecule has 1 aliphatic carbocycles. The lowest BCUT2D eigenvalue weighted by molar-refractivity contribution is -0.137. The van der Waals surface area contributed by atoms with Crippen molar-refractivity contribution >= 4 is 14.3 Å². The van der Waals surface area contributed by atoms with Crippen LogP contribution in [0, 0.1) is 5.41 Å². The molecule has 3 atom stereocenters. The van der Waals surface area contributed by atoms with E-state index in [1.165, 1.54) is 18.1 Å². The van der Waals surface area contributed by atoms with Gasteiger partial charge in [0, 0.05) is 24.0 Å². The molecule has 2 fully saturated rings. The predicted octanol–water partition coefficient (Wildman–Crippen LogP) is 5.79. The van der Waals surface area contributed by atoms with Gasteiger partial charge in [0.05, 0.1) is 6.61 Å². The van der Waals surface area contributed by atoms with Crippen molar-refractivity contribution in [3.05, 3.63) is 23.8 Å². The van der Waals surface area contributed by atoms with Gasteiger partial charge in [0.15, 0.2) is 8.32 Å². The summed E-state index contributed by atoms with van der Waals surface area (Å²) in [4.78, 5) is 11.7. The van der Waals surface area contributed by atoms with Gasteiger partial charge in [-0.1, -0.05) is 40.7 Å². The number of hydrogen-bond acceptors (Lipinski definition) is 4. The molecule has 1 saturated carbocycles. The summed E-state index contributed by atoms with van der Waals surface area (Å²) in [7, 11) is -1.63. The number of allylic oxidation sites excluding steroid dienone is 2. The fourth-order valence-corrected chi connectivity index (χ4v) is 8.02. The zero-order chi connectivity index (χ0) is 21.2. The number of carbonyl (C=O) groups excluding carboxylic acids is 1. The molecule has 4 nitrogen and oxygen atoms in total. The maximum Gasteiger partial charge on any atom is 0.330 e. The van der Waals surface area contributed by atoms with Crippen LogP contribution in [0.1, 0.15) is 68.2 Å². The second-order valence-electron chi connectivity index (χ2n) is 9.32. The van der Waals surface area contributed by atoms with E-state index in [1.807, 2.05) is 19.9 Å². The Morgan fingerprint density at radius 3 is 2.21 bits per heavy atom. The summed E-state index contributed by atoms with van der Waals surface area (Å²) in [5.41, 5.74) is 0.364. The van der Waals surface area contributed by atoms with Gasteiger partial charge in [0.2, 0.25) is 0 Å². The molecular weight excluding hydrogens is 368 g/mol. The Morgan fingerprint density at radius 2 is 1.71 bits per heavy atom. The van der Waals surface area contributed by atoms with E-state index in [0.717, 1.165) is 18.4 Å². The van der Waals surface area contributed by atoms with Crippen molar-refractivity contribution in [3.8, 4) is 0 Å². The zero-order valence-electron chi connectivity index (χ0n) is 19.2. The summed E-state index contributed by atoms with van der Waals surface area (Å²) in [6.07, 6.45) is 7.93. The van der Waals surface area contributed by atoms with E-state index in [0.29, 0.717) is 6.61 Å². The van der Waals surface area contributed by atoms with Crippen molar-refractivity contribution in [1.82, 2.24) is 0 Å². The molecule has 0 amide bonds. The minimum absolute atomic E-state index is 0.0270. The van der Waals surface area contributed by atoms with Crippen LogP contribution in [0.2, 0.25) is 18.1 Å². The van der Waals surface area contributed by atoms with Crippen LogP contribution >= 0.6 is 0 Å². The SMILES string of the molecule is CCOC(=O)/C=C(C)/C=C/[C@@]12O[C@]1(C)C[C@@H](O[Si](CC)(CC)CC)CC2(C)C. The van der Waals surface area contributed by atoms with Crippen LogP contribution in [0.25, 0.3) is 0 Å². The van der Waals surface area contributed by atoms with Crippen LogP contribution < -0.4 is 0 Å². The molecule has 2 rings (SSSR count). The van der Waals surface area contributed by atoms with Crippen LogP contribution in [-0.4, -0.2) is 38.2 Å². The first-order valence-electron chi connectivity index (χ1n) is 10.9. The molecule has 0 aromatic rings. The highest BCUT2D eigenvalue weighted by Gasteiger charge is 2.75. The lowest BCUT2D eigenvalue weighted by Gasteiger charge is -2.44. The summed E-state index contributed by atoms with van der Waals surface area (Å²) >= 11 is 0. The molecule has 0 aromatic heterocycles. The zero-order valence-corrected chi connectivity index (χ0v) is 20.2. The minimum Gasteiger partial charge on any atom is -0.463 e. The number of ether oxygens (including phenoxy) is 2. The minimum atomic E-state index is -1.63. The second-order valence-corrected chi connectivity index (χ2v) is 14.0. The van der Waals surface area contributed by atoms with E-state index in [1.54, 1.807) is 6.08 Å². The molecule has 0 aromatic carbocycles. The van der Waals surface area contributed by atoms with E-state index in [2.05, 4.69) is 47.6 Å². The summed E-state index contributed by atoms with van der Waals surface area (Å²) < 4.78 is 18.3. The topological polar surface area (TPSA) is 48.1 Å². The van der Waals surface area contributed by atoms with Gasteiger partial charge < -0.3 is 13.9 Å². The first-order chi connectivity index (χ1) is 13.0. The molecule has 1 saturated heterocycles. The van der Waals surface area contributed by atoms with Crippen molar-refractivity contribution < 1.29 is 18.7 Å². The quantitative estimate of drug-likeness (QED) is 0.159. The Balaban J connectivity index is 2.16. The Hall–Kier alpha value is -0.913. The number of epoxide rings is 1. The normalized spacial score (nSPS) is 32.3. The third-order valence-corrected chi connectivity index (χ3v) is 11.8. The Labute approximate surface area is 172 Å². The number of rotatable bonds is 9. The summed E-state index contributed by atoms with van der Waals surface area (Å²) in [6.45, 7) is 17.8. The van der Waals surface area contributed by atoms with Crippen molar-refractivity contribution in [2.24, 2.45) is 5.41 Å². The maximum atomic E-state index is 11.7. The van der Waals surface area contributed by atoms with Crippen molar-refractivity contribution in [1.29, 1.82) is 0 Å². The fraction of sp³-hybridized carbons (Fsp3) is 0.783. The molecular formula is C23H40O4Si. The molecule has 0 spiro atoms. The molecule has 160 valence electrons. The van der Waals surface area contributed by atoms with Crippen LogP contribution in [0.5, 0.6) is 0 Å². The molecule has 0 bridgehead atoms. The molecule has 5 heteroatoms. The monoisotopic (exact) mass is 408 g/mol. The molecule has 2 aliphatic rings. The molecule has 1 aliphatic heterocycles. The third kappa shape index (κ3) is 4.31. The summed E-state index contributed by atoms with van der Waals surface area (Å²) in [5, 5.41) is 0. The average Bonchev–Trinajstić information content (AvgIpc) is 3.24.